The summed E-state index contributed by atoms with van der Waals surface area (Å²) in [5.74, 6) is -0.300. The number of rotatable bonds is 7. The van der Waals surface area contributed by atoms with Crippen LogP contribution in [0.25, 0.3) is 10.9 Å². The van der Waals surface area contributed by atoms with Gasteiger partial charge in [0.05, 0.1) is 17.0 Å². The molecule has 0 unspecified atom stereocenters. The highest BCUT2D eigenvalue weighted by Crippen LogP contribution is 2.27. The van der Waals surface area contributed by atoms with E-state index in [2.05, 4.69) is 0 Å². The van der Waals surface area contributed by atoms with Crippen molar-refractivity contribution in [1.82, 2.24) is 3.97 Å². The molecule has 0 aliphatic heterocycles. The van der Waals surface area contributed by atoms with Crippen LogP contribution in [0.3, 0.4) is 0 Å². The molecule has 5 nitrogen and oxygen atoms in total. The van der Waals surface area contributed by atoms with Gasteiger partial charge in [-0.15, -0.1) is 0 Å². The second kappa shape index (κ2) is 7.96. The maximum Gasteiger partial charge on any atom is 0.302 e. The molecule has 27 heavy (non-hydrogen) atoms. The molecule has 0 N–H and O–H groups in total. The zero-order valence-electron chi connectivity index (χ0n) is 15.5. The van der Waals surface area contributed by atoms with Gasteiger partial charge in [-0.1, -0.05) is 35.9 Å². The minimum atomic E-state index is -3.69. The van der Waals surface area contributed by atoms with Crippen LogP contribution in [0, 0.1) is 6.92 Å². The van der Waals surface area contributed by atoms with E-state index in [0.29, 0.717) is 25.0 Å². The van der Waals surface area contributed by atoms with E-state index in [9.17, 15) is 13.2 Å². The molecule has 142 valence electrons. The SMILES string of the molecule is CC(=O)OCCCCc1cc2ccccc2n1S(=O)(=O)c1ccc(C)cc1. The van der Waals surface area contributed by atoms with Gasteiger partial charge in [0.2, 0.25) is 0 Å². The first-order chi connectivity index (χ1) is 12.9. The van der Waals surface area contributed by atoms with Gasteiger partial charge in [0.15, 0.2) is 0 Å². The van der Waals surface area contributed by atoms with Gasteiger partial charge < -0.3 is 4.74 Å². The molecule has 0 spiro atoms. The molecule has 1 aromatic heterocycles. The summed E-state index contributed by atoms with van der Waals surface area (Å²) in [7, 11) is -3.69. The number of fused-ring (bicyclic) bond motifs is 1. The van der Waals surface area contributed by atoms with Crippen LogP contribution in [0.5, 0.6) is 0 Å². The van der Waals surface area contributed by atoms with E-state index in [0.717, 1.165) is 23.1 Å². The van der Waals surface area contributed by atoms with Gasteiger partial charge in [-0.05, 0) is 50.5 Å². The van der Waals surface area contributed by atoms with Crippen LogP contribution in [0.2, 0.25) is 0 Å². The number of benzene rings is 2. The molecule has 0 atom stereocenters. The summed E-state index contributed by atoms with van der Waals surface area (Å²) < 4.78 is 33.0. The summed E-state index contributed by atoms with van der Waals surface area (Å²) in [5.41, 5.74) is 2.42. The quantitative estimate of drug-likeness (QED) is 0.454. The molecule has 0 amide bonds. The Hall–Kier alpha value is -2.60. The summed E-state index contributed by atoms with van der Waals surface area (Å²) in [4.78, 5) is 11.1. The number of unbranched alkanes of at least 4 members (excludes halogenated alkanes) is 1. The van der Waals surface area contributed by atoms with Gasteiger partial charge in [-0.2, -0.15) is 0 Å². The number of hydrogen-bond donors (Lipinski definition) is 0. The van der Waals surface area contributed by atoms with Gasteiger partial charge in [0, 0.05) is 18.0 Å². The minimum Gasteiger partial charge on any atom is -0.466 e. The molecule has 0 aliphatic carbocycles. The van der Waals surface area contributed by atoms with E-state index >= 15 is 0 Å². The highest BCUT2D eigenvalue weighted by molar-refractivity contribution is 7.90. The summed E-state index contributed by atoms with van der Waals surface area (Å²) in [6.45, 7) is 3.66. The molecule has 1 heterocycles. The predicted molar refractivity (Wildman–Crippen MR) is 105 cm³/mol. The predicted octanol–water partition coefficient (Wildman–Crippen LogP) is 4.07. The first kappa shape index (κ1) is 19.2. The third-order valence-electron chi connectivity index (χ3n) is 4.43. The number of carbonyl (C=O) groups is 1. The highest BCUT2D eigenvalue weighted by atomic mass is 32.2. The molecule has 0 fully saturated rings. The van der Waals surface area contributed by atoms with Gasteiger partial charge in [-0.25, -0.2) is 12.4 Å². The van der Waals surface area contributed by atoms with Crippen molar-refractivity contribution in [3.63, 3.8) is 0 Å². The van der Waals surface area contributed by atoms with Crippen LogP contribution in [-0.2, 0) is 26.0 Å². The Morgan fingerprint density at radius 1 is 1.04 bits per heavy atom. The number of aryl methyl sites for hydroxylation is 2. The maximum absolute atomic E-state index is 13.3. The molecule has 0 bridgehead atoms. The molecule has 2 aromatic carbocycles. The fraction of sp³-hybridized carbons (Fsp3) is 0.286. The van der Waals surface area contributed by atoms with Crippen LogP contribution < -0.4 is 0 Å². The maximum atomic E-state index is 13.3. The molecule has 0 aliphatic rings. The molecular formula is C21H23NO4S. The van der Waals surface area contributed by atoms with Gasteiger partial charge in [-0.3, -0.25) is 4.79 Å². The number of para-hydroxylation sites is 1. The zero-order chi connectivity index (χ0) is 19.4. The average Bonchev–Trinajstić information content (AvgIpc) is 3.00. The van der Waals surface area contributed by atoms with E-state index in [1.54, 1.807) is 24.3 Å². The Labute approximate surface area is 159 Å². The van der Waals surface area contributed by atoms with E-state index in [1.807, 2.05) is 37.3 Å². The van der Waals surface area contributed by atoms with Crippen LogP contribution >= 0.6 is 0 Å². The van der Waals surface area contributed by atoms with Gasteiger partial charge >= 0.3 is 5.97 Å². The summed E-state index contributed by atoms with van der Waals surface area (Å²) in [5, 5.41) is 0.892. The van der Waals surface area contributed by atoms with E-state index in [-0.39, 0.29) is 10.9 Å². The lowest BCUT2D eigenvalue weighted by molar-refractivity contribution is -0.141. The van der Waals surface area contributed by atoms with Crippen molar-refractivity contribution >= 4 is 26.9 Å². The van der Waals surface area contributed by atoms with Crippen LogP contribution in [0.4, 0.5) is 0 Å². The highest BCUT2D eigenvalue weighted by Gasteiger charge is 2.22. The second-order valence-electron chi connectivity index (χ2n) is 6.57. The van der Waals surface area contributed by atoms with Crippen LogP contribution in [0.1, 0.15) is 31.0 Å². The Balaban J connectivity index is 1.95. The summed E-state index contributed by atoms with van der Waals surface area (Å²) >= 11 is 0. The fourth-order valence-electron chi connectivity index (χ4n) is 3.08. The van der Waals surface area contributed by atoms with Crippen LogP contribution in [0.15, 0.2) is 59.5 Å². The van der Waals surface area contributed by atoms with Crippen LogP contribution in [-0.4, -0.2) is 25.0 Å². The third kappa shape index (κ3) is 4.22. The first-order valence-electron chi connectivity index (χ1n) is 8.94. The molecular weight excluding hydrogens is 362 g/mol. The Morgan fingerprint density at radius 3 is 2.44 bits per heavy atom. The largest absolute Gasteiger partial charge is 0.466 e. The van der Waals surface area contributed by atoms with Crippen molar-refractivity contribution in [3.05, 3.63) is 65.9 Å². The molecule has 6 heteroatoms. The third-order valence-corrected chi connectivity index (χ3v) is 6.21. The monoisotopic (exact) mass is 385 g/mol. The standard InChI is InChI=1S/C21H23NO4S/c1-16-10-12-20(13-11-16)27(24,25)22-19(8-5-6-14-26-17(2)23)15-18-7-3-4-9-21(18)22/h3-4,7,9-13,15H,5-6,8,14H2,1-2H3. The molecule has 3 aromatic rings. The zero-order valence-corrected chi connectivity index (χ0v) is 16.3. The van der Waals surface area contributed by atoms with Crippen molar-refractivity contribution in [2.24, 2.45) is 0 Å². The lowest BCUT2D eigenvalue weighted by atomic mass is 10.2. The van der Waals surface area contributed by atoms with Gasteiger partial charge in [0.25, 0.3) is 10.0 Å². The first-order valence-corrected chi connectivity index (χ1v) is 10.4. The number of esters is 1. The average molecular weight is 385 g/mol. The lowest BCUT2D eigenvalue weighted by Crippen LogP contribution is -2.16. The van der Waals surface area contributed by atoms with E-state index < -0.39 is 10.0 Å². The summed E-state index contributed by atoms with van der Waals surface area (Å²) in [6.07, 6.45) is 2.00. The Morgan fingerprint density at radius 2 is 1.74 bits per heavy atom. The van der Waals surface area contributed by atoms with Crippen molar-refractivity contribution in [2.45, 2.75) is 38.0 Å². The number of ether oxygens (including phenoxy) is 1. The lowest BCUT2D eigenvalue weighted by Gasteiger charge is -2.12. The molecule has 0 saturated heterocycles. The Kier molecular flexibility index (Phi) is 5.65. The van der Waals surface area contributed by atoms with Crippen molar-refractivity contribution < 1.29 is 17.9 Å². The van der Waals surface area contributed by atoms with E-state index in [4.69, 9.17) is 4.74 Å². The fourth-order valence-corrected chi connectivity index (χ4v) is 4.65. The number of hydrogen-bond acceptors (Lipinski definition) is 4. The summed E-state index contributed by atoms with van der Waals surface area (Å²) in [6, 6.07) is 16.3. The van der Waals surface area contributed by atoms with E-state index in [1.165, 1.54) is 10.9 Å². The Bertz CT molecular complexity index is 1050. The molecule has 0 radical (unpaired) electrons. The van der Waals surface area contributed by atoms with Crippen molar-refractivity contribution in [1.29, 1.82) is 0 Å². The molecule has 3 rings (SSSR count). The number of nitrogens with zero attached hydrogens (tertiary/aromatic N) is 1. The normalized spacial score (nSPS) is 11.6. The van der Waals surface area contributed by atoms with Crippen molar-refractivity contribution in [2.75, 3.05) is 6.61 Å². The minimum absolute atomic E-state index is 0.274. The second-order valence-corrected chi connectivity index (χ2v) is 8.36. The number of carbonyl (C=O) groups excluding carboxylic acids is 1. The topological polar surface area (TPSA) is 65.4 Å². The smallest absolute Gasteiger partial charge is 0.302 e. The van der Waals surface area contributed by atoms with Gasteiger partial charge in [0.1, 0.15) is 0 Å². The number of aromatic nitrogens is 1. The molecule has 0 saturated carbocycles. The van der Waals surface area contributed by atoms with Crippen molar-refractivity contribution in [3.8, 4) is 0 Å².